The maximum atomic E-state index is 4.17. The Labute approximate surface area is 104 Å². The van der Waals surface area contributed by atoms with E-state index in [-0.39, 0.29) is 0 Å². The van der Waals surface area contributed by atoms with E-state index in [2.05, 4.69) is 39.2 Å². The minimum Gasteiger partial charge on any atom is -0.380 e. The van der Waals surface area contributed by atoms with Crippen molar-refractivity contribution in [2.45, 2.75) is 13.5 Å². The van der Waals surface area contributed by atoms with Gasteiger partial charge in [0.2, 0.25) is 0 Å². The molecule has 0 unspecified atom stereocenters. The molecule has 1 N–H and O–H groups in total. The first kappa shape index (κ1) is 11.1. The molecular formula is C13H13BrN2. The number of anilines is 1. The van der Waals surface area contributed by atoms with Crippen molar-refractivity contribution >= 4 is 21.6 Å². The lowest BCUT2D eigenvalue weighted by Gasteiger charge is -2.08. The Morgan fingerprint density at radius 2 is 2.06 bits per heavy atom. The molecular weight excluding hydrogens is 264 g/mol. The molecule has 0 radical (unpaired) electrons. The topological polar surface area (TPSA) is 24.9 Å². The zero-order chi connectivity index (χ0) is 11.4. The van der Waals surface area contributed by atoms with Crippen LogP contribution in [0, 0.1) is 6.92 Å². The Balaban J connectivity index is 2.05. The highest BCUT2D eigenvalue weighted by molar-refractivity contribution is 9.10. The summed E-state index contributed by atoms with van der Waals surface area (Å²) in [6.45, 7) is 2.84. The Morgan fingerprint density at radius 1 is 1.25 bits per heavy atom. The van der Waals surface area contributed by atoms with E-state index in [0.29, 0.717) is 0 Å². The Morgan fingerprint density at radius 3 is 2.81 bits per heavy atom. The number of rotatable bonds is 3. The molecule has 2 aromatic rings. The highest BCUT2D eigenvalue weighted by atomic mass is 79.9. The van der Waals surface area contributed by atoms with Gasteiger partial charge in [0, 0.05) is 29.1 Å². The van der Waals surface area contributed by atoms with Gasteiger partial charge in [-0.3, -0.25) is 4.98 Å². The van der Waals surface area contributed by atoms with Crippen LogP contribution in [0.15, 0.2) is 47.2 Å². The fourth-order valence-corrected chi connectivity index (χ4v) is 1.94. The average Bonchev–Trinajstić information content (AvgIpc) is 2.28. The fraction of sp³-hybridized carbons (Fsp3) is 0.154. The summed E-state index contributed by atoms with van der Waals surface area (Å²) in [4.78, 5) is 4.17. The summed E-state index contributed by atoms with van der Waals surface area (Å²) >= 11 is 3.51. The minimum absolute atomic E-state index is 0.789. The van der Waals surface area contributed by atoms with Crippen LogP contribution in [0.5, 0.6) is 0 Å². The molecule has 1 aromatic carbocycles. The molecule has 2 rings (SSSR count). The van der Waals surface area contributed by atoms with Crippen molar-refractivity contribution in [3.63, 3.8) is 0 Å². The van der Waals surface area contributed by atoms with E-state index >= 15 is 0 Å². The normalized spacial score (nSPS) is 10.1. The van der Waals surface area contributed by atoms with Crippen LogP contribution in [0.4, 0.5) is 5.69 Å². The van der Waals surface area contributed by atoms with Crippen molar-refractivity contribution in [3.05, 3.63) is 58.3 Å². The van der Waals surface area contributed by atoms with Crippen molar-refractivity contribution in [2.75, 3.05) is 5.32 Å². The SMILES string of the molecule is Cc1cncc(CNc2ccccc2Br)c1. The largest absolute Gasteiger partial charge is 0.380 e. The molecule has 0 atom stereocenters. The third-order valence-corrected chi connectivity index (χ3v) is 2.98. The summed E-state index contributed by atoms with van der Waals surface area (Å²) in [6.07, 6.45) is 3.75. The summed E-state index contributed by atoms with van der Waals surface area (Å²) in [7, 11) is 0. The Kier molecular flexibility index (Phi) is 3.57. The number of para-hydroxylation sites is 1. The molecule has 0 spiro atoms. The van der Waals surface area contributed by atoms with Crippen LogP contribution in [0.25, 0.3) is 0 Å². The average molecular weight is 277 g/mol. The number of hydrogen-bond acceptors (Lipinski definition) is 2. The number of nitrogens with one attached hydrogen (secondary N) is 1. The third-order valence-electron chi connectivity index (χ3n) is 2.29. The van der Waals surface area contributed by atoms with Crippen molar-refractivity contribution in [2.24, 2.45) is 0 Å². The van der Waals surface area contributed by atoms with E-state index in [0.717, 1.165) is 16.7 Å². The number of benzene rings is 1. The number of halogens is 1. The maximum absolute atomic E-state index is 4.17. The fourth-order valence-electron chi connectivity index (χ4n) is 1.52. The van der Waals surface area contributed by atoms with Gasteiger partial charge in [0.1, 0.15) is 0 Å². The van der Waals surface area contributed by atoms with E-state index in [1.807, 2.05) is 36.7 Å². The van der Waals surface area contributed by atoms with Crippen molar-refractivity contribution in [3.8, 4) is 0 Å². The zero-order valence-electron chi connectivity index (χ0n) is 9.07. The monoisotopic (exact) mass is 276 g/mol. The summed E-state index contributed by atoms with van der Waals surface area (Å²) in [5.74, 6) is 0. The molecule has 2 nitrogen and oxygen atoms in total. The number of aromatic nitrogens is 1. The van der Waals surface area contributed by atoms with Gasteiger partial charge in [-0.1, -0.05) is 18.2 Å². The molecule has 16 heavy (non-hydrogen) atoms. The van der Waals surface area contributed by atoms with Crippen LogP contribution in [0.3, 0.4) is 0 Å². The van der Waals surface area contributed by atoms with Gasteiger partial charge >= 0.3 is 0 Å². The molecule has 0 aliphatic rings. The molecule has 0 aliphatic carbocycles. The quantitative estimate of drug-likeness (QED) is 0.923. The first-order valence-electron chi connectivity index (χ1n) is 5.14. The second-order valence-corrected chi connectivity index (χ2v) is 4.56. The number of aryl methyl sites for hydroxylation is 1. The van der Waals surface area contributed by atoms with Gasteiger partial charge in [0.05, 0.1) is 0 Å². The first-order chi connectivity index (χ1) is 7.75. The third kappa shape index (κ3) is 2.83. The zero-order valence-corrected chi connectivity index (χ0v) is 10.7. The van der Waals surface area contributed by atoms with Crippen LogP contribution in [0.2, 0.25) is 0 Å². The molecule has 1 aromatic heterocycles. The highest BCUT2D eigenvalue weighted by Gasteiger charge is 1.98. The maximum Gasteiger partial charge on any atom is 0.0487 e. The van der Waals surface area contributed by atoms with Gasteiger partial charge in [0.15, 0.2) is 0 Å². The highest BCUT2D eigenvalue weighted by Crippen LogP contribution is 2.21. The van der Waals surface area contributed by atoms with Gasteiger partial charge in [-0.2, -0.15) is 0 Å². The van der Waals surface area contributed by atoms with Crippen molar-refractivity contribution < 1.29 is 0 Å². The second-order valence-electron chi connectivity index (χ2n) is 3.70. The van der Waals surface area contributed by atoms with Crippen LogP contribution in [-0.2, 0) is 6.54 Å². The summed E-state index contributed by atoms with van der Waals surface area (Å²) in [5.41, 5.74) is 3.48. The van der Waals surface area contributed by atoms with Gasteiger partial charge < -0.3 is 5.32 Å². The lowest BCUT2D eigenvalue weighted by Crippen LogP contribution is -2.00. The van der Waals surface area contributed by atoms with Gasteiger partial charge in [-0.15, -0.1) is 0 Å². The molecule has 3 heteroatoms. The van der Waals surface area contributed by atoms with Crippen LogP contribution >= 0.6 is 15.9 Å². The molecule has 0 amide bonds. The van der Waals surface area contributed by atoms with E-state index in [1.165, 1.54) is 11.1 Å². The summed E-state index contributed by atoms with van der Waals surface area (Å²) < 4.78 is 1.08. The van der Waals surface area contributed by atoms with Gasteiger partial charge in [0.25, 0.3) is 0 Å². The second kappa shape index (κ2) is 5.12. The minimum atomic E-state index is 0.789. The molecule has 0 saturated heterocycles. The molecule has 0 bridgehead atoms. The smallest absolute Gasteiger partial charge is 0.0487 e. The number of pyridine rings is 1. The standard InChI is InChI=1S/C13H13BrN2/c1-10-6-11(8-15-7-10)9-16-13-5-3-2-4-12(13)14/h2-8,16H,9H2,1H3. The first-order valence-corrected chi connectivity index (χ1v) is 5.94. The Bertz CT molecular complexity index is 483. The van der Waals surface area contributed by atoms with Gasteiger partial charge in [-0.05, 0) is 46.1 Å². The number of hydrogen-bond donors (Lipinski definition) is 1. The van der Waals surface area contributed by atoms with Crippen molar-refractivity contribution in [1.82, 2.24) is 4.98 Å². The lowest BCUT2D eigenvalue weighted by atomic mass is 10.2. The summed E-state index contributed by atoms with van der Waals surface area (Å²) in [5, 5.41) is 3.37. The molecule has 0 aliphatic heterocycles. The number of nitrogens with zero attached hydrogens (tertiary/aromatic N) is 1. The van der Waals surface area contributed by atoms with Gasteiger partial charge in [-0.25, -0.2) is 0 Å². The lowest BCUT2D eigenvalue weighted by molar-refractivity contribution is 1.10. The van der Waals surface area contributed by atoms with E-state index < -0.39 is 0 Å². The van der Waals surface area contributed by atoms with Crippen LogP contribution in [-0.4, -0.2) is 4.98 Å². The van der Waals surface area contributed by atoms with E-state index in [1.54, 1.807) is 0 Å². The predicted molar refractivity (Wildman–Crippen MR) is 70.4 cm³/mol. The molecule has 1 heterocycles. The van der Waals surface area contributed by atoms with Crippen molar-refractivity contribution in [1.29, 1.82) is 0 Å². The van der Waals surface area contributed by atoms with Crippen LogP contribution < -0.4 is 5.32 Å². The molecule has 82 valence electrons. The van der Waals surface area contributed by atoms with E-state index in [4.69, 9.17) is 0 Å². The predicted octanol–water partition coefficient (Wildman–Crippen LogP) is 3.76. The van der Waals surface area contributed by atoms with Crippen LogP contribution in [0.1, 0.15) is 11.1 Å². The Hall–Kier alpha value is -1.35. The summed E-state index contributed by atoms with van der Waals surface area (Å²) in [6, 6.07) is 10.2. The van der Waals surface area contributed by atoms with E-state index in [9.17, 15) is 0 Å². The molecule has 0 fully saturated rings. The molecule has 0 saturated carbocycles.